The fraction of sp³-hybridized carbons (Fsp3) is 0.947. The van der Waals surface area contributed by atoms with Crippen molar-refractivity contribution in [1.82, 2.24) is 0 Å². The number of phosphoric acid groups is 2. The Hall–Kier alpha value is -1.94. The molecule has 94 heavy (non-hydrogen) atoms. The van der Waals surface area contributed by atoms with E-state index in [9.17, 15) is 43.2 Å². The van der Waals surface area contributed by atoms with Gasteiger partial charge in [-0.3, -0.25) is 37.3 Å². The van der Waals surface area contributed by atoms with E-state index >= 15 is 0 Å². The molecule has 19 heteroatoms. The molecule has 0 aliphatic heterocycles. The number of carbonyl (C=O) groups excluding carboxylic acids is 4. The molecule has 0 aromatic rings. The molecule has 0 aliphatic rings. The molecule has 4 unspecified atom stereocenters. The lowest BCUT2D eigenvalue weighted by molar-refractivity contribution is -0.161. The normalized spacial score (nSPS) is 14.7. The molecule has 0 rings (SSSR count). The summed E-state index contributed by atoms with van der Waals surface area (Å²) in [7, 11) is -9.91. The maximum absolute atomic E-state index is 13.1. The number of unbranched alkanes of at least 4 members (excludes halogenated alkanes) is 36. The average molecular weight is 1380 g/mol. The van der Waals surface area contributed by atoms with Crippen molar-refractivity contribution in [1.29, 1.82) is 0 Å². The molecule has 17 nitrogen and oxygen atoms in total. The first-order valence-corrected chi connectivity index (χ1v) is 41.8. The molecule has 3 N–H and O–H groups in total. The predicted octanol–water partition coefficient (Wildman–Crippen LogP) is 21.7. The molecule has 0 heterocycles. The van der Waals surface area contributed by atoms with Crippen molar-refractivity contribution in [3.05, 3.63) is 0 Å². The molecule has 7 atom stereocenters. The number of aliphatic hydroxyl groups excluding tert-OH is 1. The van der Waals surface area contributed by atoms with Gasteiger partial charge in [-0.05, 0) is 49.4 Å². The van der Waals surface area contributed by atoms with Crippen molar-refractivity contribution in [3.63, 3.8) is 0 Å². The number of esters is 4. The van der Waals surface area contributed by atoms with Crippen molar-refractivity contribution in [2.24, 2.45) is 23.7 Å². The van der Waals surface area contributed by atoms with Crippen LogP contribution >= 0.6 is 15.6 Å². The molecule has 0 aliphatic carbocycles. The van der Waals surface area contributed by atoms with Gasteiger partial charge >= 0.3 is 39.5 Å². The third-order valence-electron chi connectivity index (χ3n) is 18.0. The van der Waals surface area contributed by atoms with E-state index < -0.39 is 97.5 Å². The van der Waals surface area contributed by atoms with E-state index in [1.165, 1.54) is 173 Å². The Bertz CT molecular complexity index is 1850. The van der Waals surface area contributed by atoms with Gasteiger partial charge < -0.3 is 33.8 Å². The summed E-state index contributed by atoms with van der Waals surface area (Å²) in [5, 5.41) is 10.6. The number of aliphatic hydroxyl groups is 1. The van der Waals surface area contributed by atoms with Gasteiger partial charge in [-0.15, -0.1) is 0 Å². The highest BCUT2D eigenvalue weighted by atomic mass is 31.2. The molecule has 0 aromatic carbocycles. The zero-order valence-corrected chi connectivity index (χ0v) is 63.4. The fourth-order valence-electron chi connectivity index (χ4n) is 11.3. The third kappa shape index (κ3) is 66.0. The largest absolute Gasteiger partial charge is 0.472 e. The summed E-state index contributed by atoms with van der Waals surface area (Å²) in [6, 6.07) is 0. The average Bonchev–Trinajstić information content (AvgIpc) is 2.00. The van der Waals surface area contributed by atoms with Crippen LogP contribution in [0.15, 0.2) is 0 Å². The minimum Gasteiger partial charge on any atom is -0.462 e. The van der Waals surface area contributed by atoms with E-state index in [1.54, 1.807) is 0 Å². The predicted molar refractivity (Wildman–Crippen MR) is 381 cm³/mol. The van der Waals surface area contributed by atoms with Gasteiger partial charge in [0, 0.05) is 25.7 Å². The molecule has 558 valence electrons. The Kier molecular flexibility index (Phi) is 63.1. The van der Waals surface area contributed by atoms with E-state index in [4.69, 9.17) is 37.0 Å². The Labute approximate surface area is 575 Å². The SMILES string of the molecule is CCC(C)CCCCCCCCCCC(=O)O[C@H](COC(=O)CCCCCCCCCCCCCCC(C)C)COP(=O)(O)OC[C@@H](O)COP(=O)(O)OC[C@@H](COC(=O)CCCCCCCCC(C)CC)OC(=O)CCCCCCCCCCCCCCCCC(C)C. The summed E-state index contributed by atoms with van der Waals surface area (Å²) in [6.07, 6.45) is 48.5. The van der Waals surface area contributed by atoms with Crippen molar-refractivity contribution < 1.29 is 80.2 Å². The maximum atomic E-state index is 13.1. The quantitative estimate of drug-likeness (QED) is 0.0222. The number of ether oxygens (including phenoxy) is 4. The van der Waals surface area contributed by atoms with Crippen LogP contribution in [0.4, 0.5) is 0 Å². The molecule has 0 aromatic heterocycles. The number of carbonyl (C=O) groups is 4. The van der Waals surface area contributed by atoms with Crippen LogP contribution in [0.3, 0.4) is 0 Å². The summed E-state index contributed by atoms with van der Waals surface area (Å²) in [5.74, 6) is 0.953. The molecule has 0 amide bonds. The molecular weight excluding hydrogens is 1230 g/mol. The zero-order chi connectivity index (χ0) is 69.6. The first-order chi connectivity index (χ1) is 45.2. The van der Waals surface area contributed by atoms with E-state index in [0.717, 1.165) is 120 Å². The smallest absolute Gasteiger partial charge is 0.462 e. The molecule has 0 saturated heterocycles. The molecule has 0 saturated carbocycles. The second-order valence-corrected chi connectivity index (χ2v) is 31.4. The monoisotopic (exact) mass is 1380 g/mol. The van der Waals surface area contributed by atoms with E-state index in [0.29, 0.717) is 25.7 Å². The molecule has 0 bridgehead atoms. The van der Waals surface area contributed by atoms with E-state index in [-0.39, 0.29) is 25.7 Å². The number of phosphoric ester groups is 2. The number of hydrogen-bond acceptors (Lipinski definition) is 15. The third-order valence-corrected chi connectivity index (χ3v) is 19.9. The Morgan fingerprint density at radius 3 is 0.755 bits per heavy atom. The highest BCUT2D eigenvalue weighted by Crippen LogP contribution is 2.45. The van der Waals surface area contributed by atoms with Gasteiger partial charge in [-0.2, -0.15) is 0 Å². The zero-order valence-electron chi connectivity index (χ0n) is 61.6. The lowest BCUT2D eigenvalue weighted by Crippen LogP contribution is -2.30. The van der Waals surface area contributed by atoms with Crippen LogP contribution in [0.2, 0.25) is 0 Å². The topological polar surface area (TPSA) is 237 Å². The fourth-order valence-corrected chi connectivity index (χ4v) is 12.9. The highest BCUT2D eigenvalue weighted by molar-refractivity contribution is 7.47. The Morgan fingerprint density at radius 2 is 0.511 bits per heavy atom. The standard InChI is InChI=1S/C75H146O17P2/c1-9-67(7)53-45-37-29-25-26-32-42-50-58-75(80)92-70(61-85-72(77)55-47-39-30-23-19-16-15-18-22-28-36-44-52-66(5)6)63-89-93(81,82)87-59-69(76)60-88-94(83,84)90-64-71(62-86-73(78)56-48-40-34-33-38-46-54-68(8)10-2)91-74(79)57-49-41-31-24-20-14-12-11-13-17-21-27-35-43-51-65(3)4/h65-71,76H,9-64H2,1-8H3,(H,81,82)(H,83,84)/t67?,68?,69-,70-,71-/m1/s1. The first kappa shape index (κ1) is 92.1. The van der Waals surface area contributed by atoms with Crippen molar-refractivity contribution in [3.8, 4) is 0 Å². The van der Waals surface area contributed by atoms with E-state index in [1.807, 2.05) is 0 Å². The second kappa shape index (κ2) is 64.4. The van der Waals surface area contributed by atoms with Gasteiger partial charge in [-0.25, -0.2) is 9.13 Å². The second-order valence-electron chi connectivity index (χ2n) is 28.5. The minimum absolute atomic E-state index is 0.105. The number of rotatable bonds is 72. The van der Waals surface area contributed by atoms with Crippen molar-refractivity contribution >= 4 is 39.5 Å². The van der Waals surface area contributed by atoms with Crippen LogP contribution in [0.5, 0.6) is 0 Å². The maximum Gasteiger partial charge on any atom is 0.472 e. The van der Waals surface area contributed by atoms with Gasteiger partial charge in [0.05, 0.1) is 26.4 Å². The van der Waals surface area contributed by atoms with Crippen LogP contribution in [0, 0.1) is 23.7 Å². The van der Waals surface area contributed by atoms with Crippen LogP contribution in [0.25, 0.3) is 0 Å². The van der Waals surface area contributed by atoms with Gasteiger partial charge in [0.1, 0.15) is 19.3 Å². The van der Waals surface area contributed by atoms with E-state index in [2.05, 4.69) is 55.4 Å². The molecular formula is C75H146O17P2. The van der Waals surface area contributed by atoms with Crippen molar-refractivity contribution in [2.75, 3.05) is 39.6 Å². The Morgan fingerprint density at radius 1 is 0.298 bits per heavy atom. The summed E-state index contributed by atoms with van der Waals surface area (Å²) in [5.41, 5.74) is 0. The van der Waals surface area contributed by atoms with Crippen LogP contribution in [-0.2, 0) is 65.4 Å². The van der Waals surface area contributed by atoms with Gasteiger partial charge in [0.25, 0.3) is 0 Å². The van der Waals surface area contributed by atoms with Gasteiger partial charge in [-0.1, -0.05) is 325 Å². The summed E-state index contributed by atoms with van der Waals surface area (Å²) in [4.78, 5) is 72.8. The lowest BCUT2D eigenvalue weighted by atomic mass is 9.99. The summed E-state index contributed by atoms with van der Waals surface area (Å²) < 4.78 is 68.5. The summed E-state index contributed by atoms with van der Waals surface area (Å²) >= 11 is 0. The Balaban J connectivity index is 5.24. The van der Waals surface area contributed by atoms with Crippen LogP contribution < -0.4 is 0 Å². The number of hydrogen-bond donors (Lipinski definition) is 3. The lowest BCUT2D eigenvalue weighted by Gasteiger charge is -2.21. The summed E-state index contributed by atoms with van der Waals surface area (Å²) in [6.45, 7) is 14.2. The first-order valence-electron chi connectivity index (χ1n) is 38.8. The van der Waals surface area contributed by atoms with Gasteiger partial charge in [0.2, 0.25) is 0 Å². The minimum atomic E-state index is -4.96. The highest BCUT2D eigenvalue weighted by Gasteiger charge is 2.30. The van der Waals surface area contributed by atoms with Gasteiger partial charge in [0.15, 0.2) is 12.2 Å². The van der Waals surface area contributed by atoms with Crippen LogP contribution in [-0.4, -0.2) is 96.7 Å². The molecule has 0 fully saturated rings. The molecule has 0 radical (unpaired) electrons. The molecule has 0 spiro atoms. The van der Waals surface area contributed by atoms with Crippen LogP contribution in [0.1, 0.15) is 376 Å². The van der Waals surface area contributed by atoms with Crippen molar-refractivity contribution in [2.45, 2.75) is 395 Å².